The molecule has 56 heavy (non-hydrogen) atoms. The van der Waals surface area contributed by atoms with Gasteiger partial charge in [-0.3, -0.25) is 24.2 Å². The van der Waals surface area contributed by atoms with Crippen LogP contribution in [0.2, 0.25) is 0 Å². The fourth-order valence-electron chi connectivity index (χ4n) is 7.19. The molecule has 0 amide bonds. The number of ether oxygens (including phenoxy) is 2. The van der Waals surface area contributed by atoms with Gasteiger partial charge in [-0.25, -0.2) is 0 Å². The number of ketones is 3. The van der Waals surface area contributed by atoms with Gasteiger partial charge < -0.3 is 29.5 Å². The second kappa shape index (κ2) is 21.0. The molecule has 296 valence electrons. The van der Waals surface area contributed by atoms with Crippen molar-refractivity contribution in [3.8, 4) is 0 Å². The number of carbonyl (C=O) groups excluding carboxylic acids is 3. The van der Waals surface area contributed by atoms with E-state index in [-0.39, 0.29) is 43.4 Å². The number of benzene rings is 4. The molecule has 2 N–H and O–H groups in total. The Kier molecular flexibility index (Phi) is 15.3. The maximum Gasteiger partial charge on any atom is 0.193 e. The van der Waals surface area contributed by atoms with Crippen LogP contribution >= 0.6 is 0 Å². The number of rotatable bonds is 20. The number of aliphatic hydroxyl groups excluding tert-OH is 2. The van der Waals surface area contributed by atoms with E-state index in [1.807, 2.05) is 72.8 Å². The normalized spacial score (nSPS) is 15.2. The summed E-state index contributed by atoms with van der Waals surface area (Å²) >= 11 is 0. The molecule has 0 radical (unpaired) electrons. The topological polar surface area (TPSA) is 123 Å². The van der Waals surface area contributed by atoms with Gasteiger partial charge in [0.05, 0.1) is 39.6 Å². The van der Waals surface area contributed by atoms with Crippen molar-refractivity contribution in [3.63, 3.8) is 0 Å². The second-order valence-corrected chi connectivity index (χ2v) is 14.3. The lowest BCUT2D eigenvalue weighted by molar-refractivity contribution is 0.0724. The summed E-state index contributed by atoms with van der Waals surface area (Å²) in [6.45, 7) is 11.2. The number of carbonyl (C=O) groups is 3. The summed E-state index contributed by atoms with van der Waals surface area (Å²) in [5.41, 5.74) is 6.30. The predicted molar refractivity (Wildman–Crippen MR) is 218 cm³/mol. The number of piperazine rings is 2. The van der Waals surface area contributed by atoms with Crippen molar-refractivity contribution in [3.05, 3.63) is 130 Å². The maximum atomic E-state index is 13.3. The van der Waals surface area contributed by atoms with Crippen molar-refractivity contribution < 1.29 is 34.1 Å². The Hall–Kier alpha value is -4.75. The van der Waals surface area contributed by atoms with Gasteiger partial charge in [0.1, 0.15) is 0 Å². The quantitative estimate of drug-likeness (QED) is 0.100. The number of nitrogens with zero attached hydrogens (tertiary/aromatic N) is 4. The largest absolute Gasteiger partial charge is 0.394 e. The van der Waals surface area contributed by atoms with Crippen LogP contribution in [0.25, 0.3) is 0 Å². The lowest BCUT2D eigenvalue weighted by Crippen LogP contribution is -2.47. The van der Waals surface area contributed by atoms with Gasteiger partial charge in [-0.2, -0.15) is 0 Å². The summed E-state index contributed by atoms with van der Waals surface area (Å²) in [4.78, 5) is 48.9. The average Bonchev–Trinajstić information content (AvgIpc) is 3.25. The first-order chi connectivity index (χ1) is 27.4. The van der Waals surface area contributed by atoms with E-state index < -0.39 is 0 Å². The fraction of sp³-hybridized carbons (Fsp3) is 0.400. The summed E-state index contributed by atoms with van der Waals surface area (Å²) in [7, 11) is 0. The molecule has 0 aromatic heterocycles. The van der Waals surface area contributed by atoms with Gasteiger partial charge in [0.15, 0.2) is 17.3 Å². The van der Waals surface area contributed by atoms with Crippen LogP contribution in [0.5, 0.6) is 0 Å². The Labute approximate surface area is 330 Å². The zero-order chi connectivity index (χ0) is 39.1. The fourth-order valence-corrected chi connectivity index (χ4v) is 7.19. The number of hydrogen-bond donors (Lipinski definition) is 2. The van der Waals surface area contributed by atoms with Crippen LogP contribution in [0.4, 0.5) is 11.4 Å². The molecule has 4 aromatic carbocycles. The Morgan fingerprint density at radius 2 is 0.786 bits per heavy atom. The zero-order valence-corrected chi connectivity index (χ0v) is 32.2. The van der Waals surface area contributed by atoms with E-state index >= 15 is 0 Å². The molecule has 11 heteroatoms. The van der Waals surface area contributed by atoms with Gasteiger partial charge in [0.25, 0.3) is 0 Å². The van der Waals surface area contributed by atoms with Gasteiger partial charge in [-0.15, -0.1) is 0 Å². The highest BCUT2D eigenvalue weighted by molar-refractivity contribution is 6.09. The van der Waals surface area contributed by atoms with E-state index in [1.165, 1.54) is 0 Å². The predicted octanol–water partition coefficient (Wildman–Crippen LogP) is 4.03. The third-order valence-electron chi connectivity index (χ3n) is 10.6. The molecule has 0 aliphatic carbocycles. The SMILES string of the molecule is O=C(Cc1ccc(C(=O)c2ccc(CC(=O)c3ccc(N4CCN(CCOCCO)CC4)cc3)cc2)cc1)c1ccc(N2CCN(CCOCCO)CC2)cc1. The highest BCUT2D eigenvalue weighted by Crippen LogP contribution is 2.21. The molecule has 4 aromatic rings. The summed E-state index contributed by atoms with van der Waals surface area (Å²) in [5.74, 6) is -0.0631. The first-order valence-electron chi connectivity index (χ1n) is 19.7. The monoisotopic (exact) mass is 762 g/mol. The van der Waals surface area contributed by atoms with Crippen LogP contribution in [-0.4, -0.2) is 142 Å². The molecule has 0 spiro atoms. The third-order valence-corrected chi connectivity index (χ3v) is 10.6. The van der Waals surface area contributed by atoms with Gasteiger partial charge >= 0.3 is 0 Å². The molecule has 0 saturated carbocycles. The molecule has 2 aliphatic rings. The zero-order valence-electron chi connectivity index (χ0n) is 32.2. The van der Waals surface area contributed by atoms with Crippen molar-refractivity contribution in [1.82, 2.24) is 9.80 Å². The molecular formula is C45H54N4O7. The molecule has 11 nitrogen and oxygen atoms in total. The molecule has 6 rings (SSSR count). The van der Waals surface area contributed by atoms with Gasteiger partial charge in [0.2, 0.25) is 0 Å². The highest BCUT2D eigenvalue weighted by Gasteiger charge is 2.19. The van der Waals surface area contributed by atoms with Gasteiger partial charge in [0, 0.05) is 112 Å². The Bertz CT molecular complexity index is 1700. The van der Waals surface area contributed by atoms with Crippen molar-refractivity contribution in [2.75, 3.05) is 115 Å². The average molecular weight is 763 g/mol. The van der Waals surface area contributed by atoms with Crippen molar-refractivity contribution in [1.29, 1.82) is 0 Å². The minimum atomic E-state index is -0.112. The molecular weight excluding hydrogens is 709 g/mol. The van der Waals surface area contributed by atoms with Crippen LogP contribution in [0.15, 0.2) is 97.1 Å². The van der Waals surface area contributed by atoms with Gasteiger partial charge in [-0.1, -0.05) is 48.5 Å². The smallest absolute Gasteiger partial charge is 0.193 e. The van der Waals surface area contributed by atoms with Crippen LogP contribution in [0.3, 0.4) is 0 Å². The minimum absolute atomic E-state index is 0.0246. The highest BCUT2D eigenvalue weighted by atomic mass is 16.5. The maximum absolute atomic E-state index is 13.3. The van der Waals surface area contributed by atoms with Crippen molar-refractivity contribution >= 4 is 28.7 Å². The van der Waals surface area contributed by atoms with E-state index in [0.29, 0.717) is 48.7 Å². The summed E-state index contributed by atoms with van der Waals surface area (Å²) in [6, 6.07) is 30.0. The summed E-state index contributed by atoms with van der Waals surface area (Å²) < 4.78 is 10.8. The van der Waals surface area contributed by atoms with E-state index in [0.717, 1.165) is 87.9 Å². The molecule has 2 heterocycles. The minimum Gasteiger partial charge on any atom is -0.394 e. The molecule has 2 fully saturated rings. The van der Waals surface area contributed by atoms with E-state index in [2.05, 4.69) is 19.6 Å². The molecule has 2 aliphatic heterocycles. The Balaban J connectivity index is 0.931. The van der Waals surface area contributed by atoms with Crippen LogP contribution in [-0.2, 0) is 22.3 Å². The lowest BCUT2D eigenvalue weighted by atomic mass is 9.97. The summed E-state index contributed by atoms with van der Waals surface area (Å²) in [6.07, 6.45) is 0.494. The molecule has 0 bridgehead atoms. The van der Waals surface area contributed by atoms with Crippen molar-refractivity contribution in [2.24, 2.45) is 0 Å². The van der Waals surface area contributed by atoms with E-state index in [9.17, 15) is 14.4 Å². The Morgan fingerprint density at radius 1 is 0.446 bits per heavy atom. The third kappa shape index (κ3) is 11.6. The number of anilines is 2. The van der Waals surface area contributed by atoms with Crippen molar-refractivity contribution in [2.45, 2.75) is 12.8 Å². The lowest BCUT2D eigenvalue weighted by Gasteiger charge is -2.36. The van der Waals surface area contributed by atoms with Gasteiger partial charge in [-0.05, 0) is 59.7 Å². The van der Waals surface area contributed by atoms with Crippen LogP contribution in [0.1, 0.15) is 47.8 Å². The number of aliphatic hydroxyl groups is 2. The second-order valence-electron chi connectivity index (χ2n) is 14.3. The molecule has 2 saturated heterocycles. The standard InChI is InChI=1S/C45H54N4O7/c50-27-31-55-29-25-46-17-21-48(22-18-46)41-13-9-37(10-14-41)43(52)33-35-1-5-39(6-2-35)45(54)40-7-3-36(4-8-40)34-44(53)38-11-15-42(16-12-38)49-23-19-47(20-24-49)26-30-56-32-28-51/h1-16,50-51H,17-34H2. The molecule has 0 atom stereocenters. The number of Topliss-reactive ketones (excluding diaryl/α,β-unsaturated/α-hetero) is 2. The van der Waals surface area contributed by atoms with Crippen LogP contribution in [0, 0.1) is 0 Å². The Morgan fingerprint density at radius 3 is 1.12 bits per heavy atom. The summed E-state index contributed by atoms with van der Waals surface area (Å²) in [5, 5.41) is 17.7. The first kappa shape index (κ1) is 40.9. The molecule has 0 unspecified atom stereocenters. The number of hydrogen-bond acceptors (Lipinski definition) is 11. The van der Waals surface area contributed by atoms with E-state index in [4.69, 9.17) is 19.7 Å². The van der Waals surface area contributed by atoms with E-state index in [1.54, 1.807) is 24.3 Å². The first-order valence-corrected chi connectivity index (χ1v) is 19.7. The van der Waals surface area contributed by atoms with Crippen LogP contribution < -0.4 is 9.80 Å².